The molecule has 1 aromatic carbocycles. The zero-order valence-corrected chi connectivity index (χ0v) is 14.5. The summed E-state index contributed by atoms with van der Waals surface area (Å²) in [5.74, 6) is -0.556. The van der Waals surface area contributed by atoms with E-state index in [1.807, 2.05) is 12.1 Å². The molecule has 1 saturated heterocycles. The van der Waals surface area contributed by atoms with E-state index in [0.29, 0.717) is 18.7 Å². The summed E-state index contributed by atoms with van der Waals surface area (Å²) in [7, 11) is 1.31. The average Bonchev–Trinajstić information content (AvgIpc) is 2.48. The number of nitrogens with zero attached hydrogens (tertiary/aromatic N) is 1. The Kier molecular flexibility index (Phi) is 5.39. The number of carbonyl (C=O) groups excluding carboxylic acids is 2. The van der Waals surface area contributed by atoms with Gasteiger partial charge in [0.15, 0.2) is 6.10 Å². The molecule has 1 aliphatic rings. The van der Waals surface area contributed by atoms with Crippen molar-refractivity contribution in [3.05, 3.63) is 31.8 Å². The SMILES string of the molecule is COC(=O)C1CN(C(=O)c2cc(Br)ccc2I)CCO1. The Morgan fingerprint density at radius 2 is 2.25 bits per heavy atom. The molecule has 1 amide bonds. The highest BCUT2D eigenvalue weighted by atomic mass is 127. The number of ether oxygens (including phenoxy) is 2. The number of amides is 1. The van der Waals surface area contributed by atoms with Gasteiger partial charge in [-0.05, 0) is 40.8 Å². The molecule has 5 nitrogen and oxygen atoms in total. The van der Waals surface area contributed by atoms with Gasteiger partial charge in [0.2, 0.25) is 0 Å². The fraction of sp³-hybridized carbons (Fsp3) is 0.385. The number of morpholine rings is 1. The molecule has 1 unspecified atom stereocenters. The number of carbonyl (C=O) groups is 2. The van der Waals surface area contributed by atoms with Crippen molar-refractivity contribution in [1.29, 1.82) is 0 Å². The first-order chi connectivity index (χ1) is 9.52. The van der Waals surface area contributed by atoms with Crippen molar-refractivity contribution in [3.8, 4) is 0 Å². The molecular formula is C13H13BrINO4. The molecule has 1 aromatic rings. The molecule has 7 heteroatoms. The highest BCUT2D eigenvalue weighted by Gasteiger charge is 2.30. The predicted octanol–water partition coefficient (Wildman–Crippen LogP) is 2.07. The Hall–Kier alpha value is -0.670. The number of methoxy groups -OCH3 is 1. The Balaban J connectivity index is 2.16. The van der Waals surface area contributed by atoms with E-state index in [2.05, 4.69) is 43.3 Å². The summed E-state index contributed by atoms with van der Waals surface area (Å²) >= 11 is 5.49. The van der Waals surface area contributed by atoms with Crippen molar-refractivity contribution in [2.45, 2.75) is 6.10 Å². The van der Waals surface area contributed by atoms with Gasteiger partial charge in [-0.2, -0.15) is 0 Å². The smallest absolute Gasteiger partial charge is 0.336 e. The fourth-order valence-corrected chi connectivity index (χ4v) is 2.87. The van der Waals surface area contributed by atoms with Gasteiger partial charge < -0.3 is 14.4 Å². The van der Waals surface area contributed by atoms with Crippen LogP contribution >= 0.6 is 38.5 Å². The summed E-state index contributed by atoms with van der Waals surface area (Å²) in [5.41, 5.74) is 0.616. The van der Waals surface area contributed by atoms with Crippen LogP contribution in [0.25, 0.3) is 0 Å². The van der Waals surface area contributed by atoms with Crippen LogP contribution < -0.4 is 0 Å². The second-order valence-corrected chi connectivity index (χ2v) is 6.34. The molecule has 0 spiro atoms. The van der Waals surface area contributed by atoms with Gasteiger partial charge in [-0.25, -0.2) is 4.79 Å². The van der Waals surface area contributed by atoms with Gasteiger partial charge in [0, 0.05) is 14.6 Å². The van der Waals surface area contributed by atoms with Crippen molar-refractivity contribution < 1.29 is 19.1 Å². The molecule has 20 heavy (non-hydrogen) atoms. The fourth-order valence-electron chi connectivity index (χ4n) is 1.94. The van der Waals surface area contributed by atoms with Gasteiger partial charge in [0.05, 0.1) is 25.8 Å². The lowest BCUT2D eigenvalue weighted by Gasteiger charge is -2.31. The first-order valence-corrected chi connectivity index (χ1v) is 7.84. The maximum atomic E-state index is 12.5. The van der Waals surface area contributed by atoms with Crippen LogP contribution in [0.2, 0.25) is 0 Å². The van der Waals surface area contributed by atoms with Crippen LogP contribution in [-0.2, 0) is 14.3 Å². The van der Waals surface area contributed by atoms with Crippen LogP contribution in [0.1, 0.15) is 10.4 Å². The third-order valence-corrected chi connectivity index (χ3v) is 4.41. The van der Waals surface area contributed by atoms with Crippen molar-refractivity contribution in [2.75, 3.05) is 26.8 Å². The number of esters is 1. The number of hydrogen-bond acceptors (Lipinski definition) is 4. The Bertz CT molecular complexity index is 537. The van der Waals surface area contributed by atoms with E-state index in [-0.39, 0.29) is 12.5 Å². The molecule has 0 bridgehead atoms. The second-order valence-electron chi connectivity index (χ2n) is 4.26. The minimum absolute atomic E-state index is 0.104. The van der Waals surface area contributed by atoms with E-state index in [1.54, 1.807) is 11.0 Å². The summed E-state index contributed by atoms with van der Waals surface area (Å²) in [6, 6.07) is 5.54. The highest BCUT2D eigenvalue weighted by molar-refractivity contribution is 14.1. The average molecular weight is 454 g/mol. The first-order valence-electron chi connectivity index (χ1n) is 5.96. The minimum atomic E-state index is -0.706. The van der Waals surface area contributed by atoms with Gasteiger partial charge in [-0.3, -0.25) is 4.79 Å². The lowest BCUT2D eigenvalue weighted by molar-refractivity contribution is -0.158. The van der Waals surface area contributed by atoms with Crippen molar-refractivity contribution in [2.24, 2.45) is 0 Å². The molecule has 0 aromatic heterocycles. The maximum absolute atomic E-state index is 12.5. The largest absolute Gasteiger partial charge is 0.467 e. The normalized spacial score (nSPS) is 18.8. The second kappa shape index (κ2) is 6.86. The molecular weight excluding hydrogens is 441 g/mol. The third-order valence-electron chi connectivity index (χ3n) is 2.98. The summed E-state index contributed by atoms with van der Waals surface area (Å²) in [6.45, 7) is 1.01. The Labute approximate surface area is 138 Å². The summed E-state index contributed by atoms with van der Waals surface area (Å²) in [6.07, 6.45) is -0.706. The molecule has 1 fully saturated rings. The van der Waals surface area contributed by atoms with Crippen molar-refractivity contribution in [3.63, 3.8) is 0 Å². The lowest BCUT2D eigenvalue weighted by atomic mass is 10.1. The maximum Gasteiger partial charge on any atom is 0.336 e. The van der Waals surface area contributed by atoms with Gasteiger partial charge in [0.1, 0.15) is 0 Å². The Morgan fingerprint density at radius 1 is 1.50 bits per heavy atom. The zero-order valence-electron chi connectivity index (χ0n) is 10.8. The van der Waals surface area contributed by atoms with E-state index >= 15 is 0 Å². The molecule has 1 heterocycles. The Morgan fingerprint density at radius 3 is 2.95 bits per heavy atom. The van der Waals surface area contributed by atoms with Crippen molar-refractivity contribution >= 4 is 50.4 Å². The highest BCUT2D eigenvalue weighted by Crippen LogP contribution is 2.21. The summed E-state index contributed by atoms with van der Waals surface area (Å²) in [5, 5.41) is 0. The lowest BCUT2D eigenvalue weighted by Crippen LogP contribution is -2.49. The molecule has 0 radical (unpaired) electrons. The van der Waals surface area contributed by atoms with Gasteiger partial charge in [-0.15, -0.1) is 0 Å². The standard InChI is InChI=1S/C13H13BrINO4/c1-19-13(18)11-7-16(4-5-20-11)12(17)9-6-8(14)2-3-10(9)15/h2-3,6,11H,4-5,7H2,1H3. The molecule has 0 N–H and O–H groups in total. The van der Waals surface area contributed by atoms with Crippen LogP contribution in [-0.4, -0.2) is 49.7 Å². The van der Waals surface area contributed by atoms with Crippen LogP contribution in [0.3, 0.4) is 0 Å². The minimum Gasteiger partial charge on any atom is -0.467 e. The van der Waals surface area contributed by atoms with E-state index in [0.717, 1.165) is 8.04 Å². The molecule has 108 valence electrons. The number of hydrogen-bond donors (Lipinski definition) is 0. The first kappa shape index (κ1) is 15.7. The predicted molar refractivity (Wildman–Crippen MR) is 84.5 cm³/mol. The van der Waals surface area contributed by atoms with Gasteiger partial charge >= 0.3 is 5.97 Å². The molecule has 0 aliphatic carbocycles. The van der Waals surface area contributed by atoms with Crippen LogP contribution in [0.5, 0.6) is 0 Å². The van der Waals surface area contributed by atoms with Crippen LogP contribution in [0, 0.1) is 3.57 Å². The monoisotopic (exact) mass is 453 g/mol. The van der Waals surface area contributed by atoms with E-state index < -0.39 is 12.1 Å². The number of benzene rings is 1. The van der Waals surface area contributed by atoms with E-state index in [4.69, 9.17) is 4.74 Å². The topological polar surface area (TPSA) is 55.8 Å². The molecule has 2 rings (SSSR count). The van der Waals surface area contributed by atoms with Gasteiger partial charge in [0.25, 0.3) is 5.91 Å². The van der Waals surface area contributed by atoms with Gasteiger partial charge in [-0.1, -0.05) is 15.9 Å². The van der Waals surface area contributed by atoms with Crippen molar-refractivity contribution in [1.82, 2.24) is 4.90 Å². The van der Waals surface area contributed by atoms with E-state index in [1.165, 1.54) is 7.11 Å². The number of rotatable bonds is 2. The zero-order chi connectivity index (χ0) is 14.7. The summed E-state index contributed by atoms with van der Waals surface area (Å²) in [4.78, 5) is 25.6. The molecule has 1 atom stereocenters. The van der Waals surface area contributed by atoms with Crippen LogP contribution in [0.15, 0.2) is 22.7 Å². The molecule has 0 saturated carbocycles. The van der Waals surface area contributed by atoms with Crippen LogP contribution in [0.4, 0.5) is 0 Å². The third kappa shape index (κ3) is 3.50. The number of halogens is 2. The van der Waals surface area contributed by atoms with E-state index in [9.17, 15) is 9.59 Å². The molecule has 1 aliphatic heterocycles. The summed E-state index contributed by atoms with van der Waals surface area (Å²) < 4.78 is 11.7. The quantitative estimate of drug-likeness (QED) is 0.508.